The van der Waals surface area contributed by atoms with E-state index in [1.807, 2.05) is 41.3 Å². The standard InChI is InChI=1S/C21H26ClN3O2/c1-27-19-7-4-5-17(15-19)9-10-24-11-13-25(14-12-24)21(26)23-16-18-6-2-3-8-20(18)22/h2-8,15H,9-14,16H2,1H3,(H,23,26). The number of hydrogen-bond acceptors (Lipinski definition) is 3. The first-order valence-electron chi connectivity index (χ1n) is 9.27. The van der Waals surface area contributed by atoms with Gasteiger partial charge in [-0.25, -0.2) is 4.79 Å². The van der Waals surface area contributed by atoms with Gasteiger partial charge in [0.15, 0.2) is 0 Å². The molecular weight excluding hydrogens is 362 g/mol. The number of nitrogens with one attached hydrogen (secondary N) is 1. The number of urea groups is 1. The van der Waals surface area contributed by atoms with E-state index >= 15 is 0 Å². The summed E-state index contributed by atoms with van der Waals surface area (Å²) in [6.07, 6.45) is 0.982. The molecule has 144 valence electrons. The lowest BCUT2D eigenvalue weighted by Crippen LogP contribution is -2.51. The molecule has 27 heavy (non-hydrogen) atoms. The fourth-order valence-electron chi connectivity index (χ4n) is 3.21. The summed E-state index contributed by atoms with van der Waals surface area (Å²) >= 11 is 6.14. The van der Waals surface area contributed by atoms with Crippen molar-refractivity contribution in [2.24, 2.45) is 0 Å². The van der Waals surface area contributed by atoms with Crippen molar-refractivity contribution in [1.29, 1.82) is 0 Å². The third-order valence-electron chi connectivity index (χ3n) is 4.90. The molecule has 2 amide bonds. The Bertz CT molecular complexity index is 761. The number of piperazine rings is 1. The second-order valence-electron chi connectivity index (χ2n) is 6.68. The zero-order valence-electron chi connectivity index (χ0n) is 15.7. The molecule has 1 heterocycles. The van der Waals surface area contributed by atoms with E-state index in [1.54, 1.807) is 7.11 Å². The van der Waals surface area contributed by atoms with Crippen LogP contribution in [0.15, 0.2) is 48.5 Å². The van der Waals surface area contributed by atoms with E-state index in [4.69, 9.17) is 16.3 Å². The number of ether oxygens (including phenoxy) is 1. The van der Waals surface area contributed by atoms with Crippen LogP contribution >= 0.6 is 11.6 Å². The summed E-state index contributed by atoms with van der Waals surface area (Å²) in [4.78, 5) is 16.7. The van der Waals surface area contributed by atoms with Gasteiger partial charge in [0.25, 0.3) is 0 Å². The van der Waals surface area contributed by atoms with Crippen LogP contribution < -0.4 is 10.1 Å². The first kappa shape index (κ1) is 19.5. The Kier molecular flexibility index (Phi) is 6.96. The molecule has 2 aromatic rings. The quantitative estimate of drug-likeness (QED) is 0.826. The maximum atomic E-state index is 12.4. The van der Waals surface area contributed by atoms with Gasteiger partial charge in [-0.1, -0.05) is 41.9 Å². The zero-order valence-corrected chi connectivity index (χ0v) is 16.4. The number of methoxy groups -OCH3 is 1. The summed E-state index contributed by atoms with van der Waals surface area (Å²) in [5, 5.41) is 3.65. The van der Waals surface area contributed by atoms with Crippen molar-refractivity contribution < 1.29 is 9.53 Å². The Balaban J connectivity index is 1.40. The Labute approximate surface area is 165 Å². The van der Waals surface area contributed by atoms with Gasteiger partial charge >= 0.3 is 6.03 Å². The summed E-state index contributed by atoms with van der Waals surface area (Å²) in [5.41, 5.74) is 2.21. The van der Waals surface area contributed by atoms with Crippen molar-refractivity contribution in [3.63, 3.8) is 0 Å². The second kappa shape index (κ2) is 9.62. The van der Waals surface area contributed by atoms with Gasteiger partial charge < -0.3 is 15.0 Å². The summed E-state index contributed by atoms with van der Waals surface area (Å²) in [5.74, 6) is 0.896. The lowest BCUT2D eigenvalue weighted by molar-refractivity contribution is 0.140. The van der Waals surface area contributed by atoms with Gasteiger partial charge in [-0.15, -0.1) is 0 Å². The van der Waals surface area contributed by atoms with E-state index in [-0.39, 0.29) is 6.03 Å². The average molecular weight is 388 g/mol. The molecule has 5 nitrogen and oxygen atoms in total. The monoisotopic (exact) mass is 387 g/mol. The predicted molar refractivity (Wildman–Crippen MR) is 108 cm³/mol. The van der Waals surface area contributed by atoms with E-state index in [2.05, 4.69) is 22.3 Å². The summed E-state index contributed by atoms with van der Waals surface area (Å²) in [6.45, 7) is 4.71. The highest BCUT2D eigenvalue weighted by atomic mass is 35.5. The van der Waals surface area contributed by atoms with Crippen molar-refractivity contribution in [3.05, 3.63) is 64.7 Å². The molecule has 0 unspecified atom stereocenters. The molecule has 1 aliphatic rings. The summed E-state index contributed by atoms with van der Waals surface area (Å²) < 4.78 is 5.28. The van der Waals surface area contributed by atoms with E-state index < -0.39 is 0 Å². The van der Waals surface area contributed by atoms with Crippen LogP contribution in [-0.4, -0.2) is 55.7 Å². The maximum absolute atomic E-state index is 12.4. The number of rotatable bonds is 6. The fraction of sp³-hybridized carbons (Fsp3) is 0.381. The van der Waals surface area contributed by atoms with E-state index in [0.717, 1.165) is 50.5 Å². The molecule has 1 aliphatic heterocycles. The van der Waals surface area contributed by atoms with Crippen LogP contribution in [0, 0.1) is 0 Å². The molecule has 0 radical (unpaired) electrons. The van der Waals surface area contributed by atoms with Crippen molar-refractivity contribution in [1.82, 2.24) is 15.1 Å². The number of carbonyl (C=O) groups excluding carboxylic acids is 1. The minimum atomic E-state index is -0.0256. The third-order valence-corrected chi connectivity index (χ3v) is 5.27. The van der Waals surface area contributed by atoms with Gasteiger partial charge in [-0.2, -0.15) is 0 Å². The van der Waals surface area contributed by atoms with E-state index in [0.29, 0.717) is 11.6 Å². The van der Waals surface area contributed by atoms with Gasteiger partial charge in [0.1, 0.15) is 5.75 Å². The van der Waals surface area contributed by atoms with Gasteiger partial charge in [-0.05, 0) is 35.7 Å². The first-order chi connectivity index (χ1) is 13.2. The van der Waals surface area contributed by atoms with Crippen molar-refractivity contribution >= 4 is 17.6 Å². The largest absolute Gasteiger partial charge is 0.497 e. The lowest BCUT2D eigenvalue weighted by atomic mass is 10.1. The van der Waals surface area contributed by atoms with Crippen LogP contribution in [0.2, 0.25) is 5.02 Å². The number of amides is 2. The maximum Gasteiger partial charge on any atom is 0.317 e. The molecule has 0 aliphatic carbocycles. The predicted octanol–water partition coefficient (Wildman–Crippen LogP) is 3.42. The molecule has 0 aromatic heterocycles. The van der Waals surface area contributed by atoms with E-state index in [1.165, 1.54) is 5.56 Å². The molecule has 1 fully saturated rings. The molecule has 0 saturated carbocycles. The number of halogens is 1. The first-order valence-corrected chi connectivity index (χ1v) is 9.65. The van der Waals surface area contributed by atoms with Crippen LogP contribution in [0.5, 0.6) is 5.75 Å². The second-order valence-corrected chi connectivity index (χ2v) is 7.09. The molecule has 0 spiro atoms. The highest BCUT2D eigenvalue weighted by Crippen LogP contribution is 2.15. The summed E-state index contributed by atoms with van der Waals surface area (Å²) in [6, 6.07) is 15.7. The number of benzene rings is 2. The third kappa shape index (κ3) is 5.62. The normalized spacial score (nSPS) is 14.8. The minimum absolute atomic E-state index is 0.0256. The Morgan fingerprint density at radius 3 is 2.63 bits per heavy atom. The number of hydrogen-bond donors (Lipinski definition) is 1. The topological polar surface area (TPSA) is 44.8 Å². The molecule has 0 atom stereocenters. The van der Waals surface area contributed by atoms with Crippen LogP contribution in [0.3, 0.4) is 0 Å². The molecule has 2 aromatic carbocycles. The molecule has 0 bridgehead atoms. The van der Waals surface area contributed by atoms with Gasteiger partial charge in [-0.3, -0.25) is 4.90 Å². The molecular formula is C21H26ClN3O2. The smallest absolute Gasteiger partial charge is 0.317 e. The van der Waals surface area contributed by atoms with E-state index in [9.17, 15) is 4.79 Å². The van der Waals surface area contributed by atoms with Gasteiger partial charge in [0, 0.05) is 44.3 Å². The number of nitrogens with zero attached hydrogens (tertiary/aromatic N) is 2. The minimum Gasteiger partial charge on any atom is -0.497 e. The van der Waals surface area contributed by atoms with Crippen molar-refractivity contribution in [2.45, 2.75) is 13.0 Å². The van der Waals surface area contributed by atoms with Crippen LogP contribution in [0.4, 0.5) is 4.79 Å². The molecule has 1 N–H and O–H groups in total. The highest BCUT2D eigenvalue weighted by molar-refractivity contribution is 6.31. The van der Waals surface area contributed by atoms with Gasteiger partial charge in [0.05, 0.1) is 7.11 Å². The SMILES string of the molecule is COc1cccc(CCN2CCN(C(=O)NCc3ccccc3Cl)CC2)c1. The van der Waals surface area contributed by atoms with Gasteiger partial charge in [0.2, 0.25) is 0 Å². The average Bonchev–Trinajstić information content (AvgIpc) is 2.72. The van der Waals surface area contributed by atoms with Crippen LogP contribution in [0.25, 0.3) is 0 Å². The zero-order chi connectivity index (χ0) is 19.1. The number of carbonyl (C=O) groups is 1. The van der Waals surface area contributed by atoms with Crippen LogP contribution in [0.1, 0.15) is 11.1 Å². The Morgan fingerprint density at radius 1 is 1.11 bits per heavy atom. The van der Waals surface area contributed by atoms with Crippen molar-refractivity contribution in [2.75, 3.05) is 39.8 Å². The highest BCUT2D eigenvalue weighted by Gasteiger charge is 2.20. The van der Waals surface area contributed by atoms with Crippen molar-refractivity contribution in [3.8, 4) is 5.75 Å². The Hall–Kier alpha value is -2.24. The summed E-state index contributed by atoms with van der Waals surface area (Å²) in [7, 11) is 1.69. The lowest BCUT2D eigenvalue weighted by Gasteiger charge is -2.34. The Morgan fingerprint density at radius 2 is 1.89 bits per heavy atom. The molecule has 6 heteroatoms. The van der Waals surface area contributed by atoms with Crippen LogP contribution in [-0.2, 0) is 13.0 Å². The fourth-order valence-corrected chi connectivity index (χ4v) is 3.42. The molecule has 1 saturated heterocycles. The molecule has 3 rings (SSSR count).